The van der Waals surface area contributed by atoms with Crippen molar-refractivity contribution in [2.45, 2.75) is 39.5 Å². The maximum absolute atomic E-state index is 12.1. The minimum absolute atomic E-state index is 0.247. The first-order valence-electron chi connectivity index (χ1n) is 14.6. The number of carbonyl (C=O) groups is 1. The van der Waals surface area contributed by atoms with Crippen molar-refractivity contribution in [2.24, 2.45) is 5.73 Å². The van der Waals surface area contributed by atoms with Gasteiger partial charge in [-0.15, -0.1) is 22.7 Å². The Bertz CT molecular complexity index is 1850. The van der Waals surface area contributed by atoms with Gasteiger partial charge < -0.3 is 31.6 Å². The van der Waals surface area contributed by atoms with Gasteiger partial charge in [0.2, 0.25) is 0 Å². The predicted molar refractivity (Wildman–Crippen MR) is 179 cm³/mol. The zero-order valence-corrected chi connectivity index (χ0v) is 26.3. The number of benzene rings is 2. The van der Waals surface area contributed by atoms with E-state index < -0.39 is 6.03 Å². The molecule has 6 N–H and O–H groups in total. The van der Waals surface area contributed by atoms with Crippen LogP contribution in [0.2, 0.25) is 0 Å². The summed E-state index contributed by atoms with van der Waals surface area (Å²) >= 11 is 3.31. The molecule has 0 saturated carbocycles. The maximum Gasteiger partial charge on any atom is 0.315 e. The Balaban J connectivity index is 1.07. The molecule has 13 heteroatoms. The summed E-state index contributed by atoms with van der Waals surface area (Å²) in [5.41, 5.74) is 21.1. The number of nitrogen functional groups attached to an aromatic ring is 2. The number of carbonyl (C=O) groups excluding carboxylic acids is 1. The van der Waals surface area contributed by atoms with Crippen LogP contribution in [0.5, 0.6) is 11.5 Å². The number of nitrogens with zero attached hydrogens (tertiary/aromatic N) is 5. The quantitative estimate of drug-likeness (QED) is 0.149. The van der Waals surface area contributed by atoms with Gasteiger partial charge in [0.1, 0.15) is 35.7 Å². The second kappa shape index (κ2) is 12.6. The molecule has 0 fully saturated rings. The van der Waals surface area contributed by atoms with E-state index in [1.807, 2.05) is 36.4 Å². The molecule has 0 bridgehead atoms. The van der Waals surface area contributed by atoms with Gasteiger partial charge >= 0.3 is 6.03 Å². The molecule has 0 spiro atoms. The van der Waals surface area contributed by atoms with Crippen molar-refractivity contribution in [3.63, 3.8) is 0 Å². The van der Waals surface area contributed by atoms with Gasteiger partial charge in [0.05, 0.1) is 43.5 Å². The Morgan fingerprint density at radius 2 is 1.20 bits per heavy atom. The molecule has 0 aliphatic heterocycles. The summed E-state index contributed by atoms with van der Waals surface area (Å²) in [7, 11) is 0. The molecule has 0 unspecified atom stereocenters. The molecule has 6 rings (SSSR count). The van der Waals surface area contributed by atoms with E-state index in [2.05, 4.69) is 33.8 Å². The Morgan fingerprint density at radius 1 is 0.750 bits per heavy atom. The first-order valence-corrected chi connectivity index (χ1v) is 16.2. The monoisotopic (exact) mass is 630 g/mol. The lowest BCUT2D eigenvalue weighted by atomic mass is 10.2. The molecule has 0 radical (unpaired) electrons. The van der Waals surface area contributed by atoms with Crippen molar-refractivity contribution in [3.05, 3.63) is 46.4 Å². The van der Waals surface area contributed by atoms with E-state index >= 15 is 0 Å². The number of fused-ring (bicyclic) bond motifs is 6. The van der Waals surface area contributed by atoms with Gasteiger partial charge in [-0.3, -0.25) is 0 Å². The molecule has 0 aliphatic carbocycles. The van der Waals surface area contributed by atoms with Gasteiger partial charge in [-0.2, -0.15) is 0 Å². The lowest BCUT2D eigenvalue weighted by molar-refractivity contribution is 0.175. The van der Waals surface area contributed by atoms with Gasteiger partial charge in [-0.05, 0) is 49.9 Å². The molecule has 0 aliphatic rings. The normalized spacial score (nSPS) is 11.6. The SMILES string of the molecule is CCCc1nc2c(N)nc3cc(OCCN(CCOc4ccc5c(c4)nc(N)c4nc(CCC)sc45)C(N)=O)ccc3c2s1. The number of thiazole rings is 2. The smallest absolute Gasteiger partial charge is 0.315 e. The lowest BCUT2D eigenvalue weighted by Crippen LogP contribution is -2.41. The molecule has 228 valence electrons. The topological polar surface area (TPSA) is 168 Å². The molecule has 44 heavy (non-hydrogen) atoms. The van der Waals surface area contributed by atoms with Crippen LogP contribution < -0.4 is 26.7 Å². The van der Waals surface area contributed by atoms with Crippen molar-refractivity contribution in [3.8, 4) is 11.5 Å². The third-order valence-electron chi connectivity index (χ3n) is 7.24. The molecule has 4 heterocycles. The highest BCUT2D eigenvalue weighted by atomic mass is 32.1. The summed E-state index contributed by atoms with van der Waals surface area (Å²) in [5.74, 6) is 2.07. The number of aromatic nitrogens is 4. The van der Waals surface area contributed by atoms with E-state index in [0.29, 0.717) is 36.2 Å². The third kappa shape index (κ3) is 5.97. The zero-order valence-electron chi connectivity index (χ0n) is 24.6. The highest BCUT2D eigenvalue weighted by Gasteiger charge is 2.16. The predicted octanol–water partition coefficient (Wildman–Crippen LogP) is 5.91. The standard InChI is InChI=1S/C31H34N8O3S2/c1-3-5-23-37-25-27(43-23)19-9-7-17(15-21(19)35-29(25)32)41-13-11-39(31(34)40)12-14-42-18-8-10-20-22(16-18)36-30(33)26-28(20)44-24(38-26)6-4-2/h7-10,15-16H,3-6,11-14H2,1-2H3,(H2,32,35)(H2,33,36)(H2,34,40). The minimum Gasteiger partial charge on any atom is -0.492 e. The van der Waals surface area contributed by atoms with Gasteiger partial charge in [0.25, 0.3) is 0 Å². The number of hydrogen-bond acceptors (Lipinski definition) is 11. The summed E-state index contributed by atoms with van der Waals surface area (Å²) in [4.78, 5) is 32.1. The molecule has 6 aromatic rings. The molecule has 0 atom stereocenters. The first kappa shape index (κ1) is 29.6. The van der Waals surface area contributed by atoms with Crippen LogP contribution in [0, 0.1) is 0 Å². The second-order valence-electron chi connectivity index (χ2n) is 10.4. The molecule has 2 aromatic carbocycles. The summed E-state index contributed by atoms with van der Waals surface area (Å²) in [5, 5.41) is 4.09. The highest BCUT2D eigenvalue weighted by Crippen LogP contribution is 2.35. The van der Waals surface area contributed by atoms with E-state index in [4.69, 9.17) is 26.7 Å². The molecule has 0 saturated heterocycles. The van der Waals surface area contributed by atoms with E-state index in [-0.39, 0.29) is 13.2 Å². The fraction of sp³-hybridized carbons (Fsp3) is 0.323. The fourth-order valence-corrected chi connectivity index (χ4v) is 7.52. The summed E-state index contributed by atoms with van der Waals surface area (Å²) in [6.07, 6.45) is 3.86. The number of pyridine rings is 2. The number of anilines is 2. The Kier molecular flexibility index (Phi) is 8.49. The number of nitrogens with two attached hydrogens (primary N) is 3. The molecule has 4 aromatic heterocycles. The second-order valence-corrected chi connectivity index (χ2v) is 12.6. The zero-order chi connectivity index (χ0) is 30.8. The van der Waals surface area contributed by atoms with E-state index in [9.17, 15) is 4.79 Å². The van der Waals surface area contributed by atoms with Crippen LogP contribution in [-0.2, 0) is 12.8 Å². The largest absolute Gasteiger partial charge is 0.492 e. The number of primary amides is 1. The van der Waals surface area contributed by atoms with E-state index in [0.717, 1.165) is 77.9 Å². The molecular formula is C31H34N8O3S2. The summed E-state index contributed by atoms with van der Waals surface area (Å²) in [6.45, 7) is 5.33. The average Bonchev–Trinajstić information content (AvgIpc) is 3.62. The van der Waals surface area contributed by atoms with Crippen LogP contribution in [0.1, 0.15) is 36.7 Å². The molecule has 2 amide bonds. The van der Waals surface area contributed by atoms with Crippen molar-refractivity contribution in [1.82, 2.24) is 24.8 Å². The van der Waals surface area contributed by atoms with Crippen LogP contribution in [0.25, 0.3) is 42.2 Å². The van der Waals surface area contributed by atoms with Crippen molar-refractivity contribution >= 4 is 82.6 Å². The van der Waals surface area contributed by atoms with Gasteiger partial charge in [0.15, 0.2) is 11.6 Å². The number of aryl methyl sites for hydroxylation is 2. The van der Waals surface area contributed by atoms with E-state index in [1.54, 1.807) is 22.7 Å². The van der Waals surface area contributed by atoms with Crippen molar-refractivity contribution < 1.29 is 14.3 Å². The van der Waals surface area contributed by atoms with Crippen molar-refractivity contribution in [1.29, 1.82) is 0 Å². The summed E-state index contributed by atoms with van der Waals surface area (Å²) in [6, 6.07) is 10.9. The number of amides is 2. The average molecular weight is 631 g/mol. The van der Waals surface area contributed by atoms with Crippen LogP contribution in [0.4, 0.5) is 16.4 Å². The third-order valence-corrected chi connectivity index (χ3v) is 9.53. The first-order chi connectivity index (χ1) is 21.3. The lowest BCUT2D eigenvalue weighted by Gasteiger charge is -2.20. The van der Waals surface area contributed by atoms with Crippen molar-refractivity contribution in [2.75, 3.05) is 37.8 Å². The van der Waals surface area contributed by atoms with Crippen LogP contribution in [0.15, 0.2) is 36.4 Å². The maximum atomic E-state index is 12.1. The summed E-state index contributed by atoms with van der Waals surface area (Å²) < 4.78 is 14.0. The minimum atomic E-state index is -0.552. The Labute approximate surface area is 262 Å². The fourth-order valence-electron chi connectivity index (χ4n) is 5.10. The molecular weight excluding hydrogens is 597 g/mol. The molecule has 11 nitrogen and oxygen atoms in total. The van der Waals surface area contributed by atoms with Gasteiger partial charge in [-0.25, -0.2) is 24.7 Å². The Hall–Kier alpha value is -4.49. The van der Waals surface area contributed by atoms with Crippen LogP contribution in [0.3, 0.4) is 0 Å². The number of ether oxygens (including phenoxy) is 2. The number of hydrogen-bond donors (Lipinski definition) is 3. The van der Waals surface area contributed by atoms with Crippen LogP contribution >= 0.6 is 22.7 Å². The number of urea groups is 1. The van der Waals surface area contributed by atoms with E-state index in [1.165, 1.54) is 4.90 Å². The van der Waals surface area contributed by atoms with Gasteiger partial charge in [0, 0.05) is 22.9 Å². The highest BCUT2D eigenvalue weighted by molar-refractivity contribution is 7.20. The van der Waals surface area contributed by atoms with Gasteiger partial charge in [-0.1, -0.05) is 13.8 Å². The number of rotatable bonds is 12. The Morgan fingerprint density at radius 3 is 1.61 bits per heavy atom. The van der Waals surface area contributed by atoms with Crippen LogP contribution in [-0.4, -0.2) is 57.2 Å².